The van der Waals surface area contributed by atoms with E-state index in [0.29, 0.717) is 17.9 Å². The van der Waals surface area contributed by atoms with Crippen molar-refractivity contribution in [3.63, 3.8) is 0 Å². The number of hydrogen-bond acceptors (Lipinski definition) is 1. The molecule has 1 nitrogen and oxygen atoms in total. The van der Waals surface area contributed by atoms with Crippen molar-refractivity contribution >= 4 is 0 Å². The number of terminal acetylenes is 1. The summed E-state index contributed by atoms with van der Waals surface area (Å²) in [7, 11) is 0. The van der Waals surface area contributed by atoms with Gasteiger partial charge in [0, 0.05) is 17.2 Å². The van der Waals surface area contributed by atoms with Gasteiger partial charge in [0.15, 0.2) is 0 Å². The smallest absolute Gasteiger partial charge is 0.135 e. The van der Waals surface area contributed by atoms with Crippen molar-refractivity contribution in [2.24, 2.45) is 0 Å². The van der Waals surface area contributed by atoms with Crippen LogP contribution in [-0.4, -0.2) is 6.61 Å². The molecule has 0 saturated carbocycles. The second-order valence-electron chi connectivity index (χ2n) is 3.91. The molecular weight excluding hydrogens is 246 g/mol. The van der Waals surface area contributed by atoms with E-state index < -0.39 is 11.6 Å². The Balaban J connectivity index is 2.50. The molecule has 0 aromatic heterocycles. The first kappa shape index (κ1) is 13.1. The van der Waals surface area contributed by atoms with Crippen LogP contribution in [0, 0.1) is 24.0 Å². The number of benzene rings is 2. The molecule has 0 unspecified atom stereocenters. The van der Waals surface area contributed by atoms with Gasteiger partial charge in [0.05, 0.1) is 6.61 Å². The third-order valence-electron chi connectivity index (χ3n) is 2.66. The molecule has 0 fully saturated rings. The summed E-state index contributed by atoms with van der Waals surface area (Å²) in [5, 5.41) is 0. The Bertz CT molecular complexity index is 624. The summed E-state index contributed by atoms with van der Waals surface area (Å²) in [6.07, 6.45) is 5.30. The first-order valence-electron chi connectivity index (χ1n) is 5.84. The molecule has 0 spiro atoms. The van der Waals surface area contributed by atoms with Crippen LogP contribution in [0.25, 0.3) is 11.1 Å². The quantitative estimate of drug-likeness (QED) is 0.756. The van der Waals surface area contributed by atoms with Crippen molar-refractivity contribution in [1.29, 1.82) is 0 Å². The molecule has 0 amide bonds. The van der Waals surface area contributed by atoms with Gasteiger partial charge in [0.25, 0.3) is 0 Å². The van der Waals surface area contributed by atoms with Gasteiger partial charge in [-0.25, -0.2) is 8.78 Å². The SMILES string of the molecule is C#Cc1cc(F)cc(F)c1-c1ccc(OCC)cc1. The van der Waals surface area contributed by atoms with Crippen molar-refractivity contribution < 1.29 is 13.5 Å². The van der Waals surface area contributed by atoms with Crippen LogP contribution in [-0.2, 0) is 0 Å². The summed E-state index contributed by atoms with van der Waals surface area (Å²) in [5.74, 6) is 1.65. The number of rotatable bonds is 3. The highest BCUT2D eigenvalue weighted by Gasteiger charge is 2.12. The van der Waals surface area contributed by atoms with Crippen LogP contribution in [0.2, 0.25) is 0 Å². The predicted octanol–water partition coefficient (Wildman–Crippen LogP) is 4.01. The van der Waals surface area contributed by atoms with Gasteiger partial charge in [0.2, 0.25) is 0 Å². The maximum absolute atomic E-state index is 13.9. The molecule has 0 bridgehead atoms. The van der Waals surface area contributed by atoms with E-state index in [0.717, 1.165) is 12.1 Å². The molecule has 2 aromatic rings. The van der Waals surface area contributed by atoms with Crippen LogP contribution >= 0.6 is 0 Å². The molecule has 19 heavy (non-hydrogen) atoms. The Morgan fingerprint density at radius 1 is 1.16 bits per heavy atom. The summed E-state index contributed by atoms with van der Waals surface area (Å²) in [6, 6.07) is 8.82. The minimum Gasteiger partial charge on any atom is -0.494 e. The molecule has 2 aromatic carbocycles. The van der Waals surface area contributed by atoms with Crippen molar-refractivity contribution in [2.75, 3.05) is 6.61 Å². The third-order valence-corrected chi connectivity index (χ3v) is 2.66. The van der Waals surface area contributed by atoms with Crippen molar-refractivity contribution in [3.8, 4) is 29.2 Å². The highest BCUT2D eigenvalue weighted by Crippen LogP contribution is 2.29. The van der Waals surface area contributed by atoms with E-state index in [-0.39, 0.29) is 11.1 Å². The maximum Gasteiger partial charge on any atom is 0.135 e. The molecule has 0 atom stereocenters. The highest BCUT2D eigenvalue weighted by molar-refractivity contribution is 5.72. The van der Waals surface area contributed by atoms with Gasteiger partial charge >= 0.3 is 0 Å². The normalized spacial score (nSPS) is 10.0. The zero-order valence-electron chi connectivity index (χ0n) is 10.4. The largest absolute Gasteiger partial charge is 0.494 e. The Morgan fingerprint density at radius 2 is 1.84 bits per heavy atom. The van der Waals surface area contributed by atoms with Gasteiger partial charge < -0.3 is 4.74 Å². The van der Waals surface area contributed by atoms with Crippen LogP contribution in [0.15, 0.2) is 36.4 Å². The van der Waals surface area contributed by atoms with E-state index in [1.165, 1.54) is 0 Å². The van der Waals surface area contributed by atoms with Crippen LogP contribution < -0.4 is 4.74 Å². The van der Waals surface area contributed by atoms with Crippen LogP contribution in [0.5, 0.6) is 5.75 Å². The molecule has 96 valence electrons. The van der Waals surface area contributed by atoms with Gasteiger partial charge in [-0.15, -0.1) is 6.42 Å². The van der Waals surface area contributed by atoms with E-state index in [9.17, 15) is 8.78 Å². The fourth-order valence-corrected chi connectivity index (χ4v) is 1.87. The fourth-order valence-electron chi connectivity index (χ4n) is 1.87. The Labute approximate surface area is 110 Å². The average molecular weight is 258 g/mol. The molecule has 0 saturated heterocycles. The monoisotopic (exact) mass is 258 g/mol. The first-order valence-corrected chi connectivity index (χ1v) is 5.84. The zero-order valence-corrected chi connectivity index (χ0v) is 10.4. The lowest BCUT2D eigenvalue weighted by Crippen LogP contribution is -1.94. The molecule has 0 N–H and O–H groups in total. The van der Waals surface area contributed by atoms with Gasteiger partial charge in [-0.2, -0.15) is 0 Å². The van der Waals surface area contributed by atoms with Gasteiger partial charge in [0.1, 0.15) is 17.4 Å². The minimum absolute atomic E-state index is 0.196. The lowest BCUT2D eigenvalue weighted by molar-refractivity contribution is 0.340. The molecule has 3 heteroatoms. The molecule has 2 rings (SSSR count). The maximum atomic E-state index is 13.9. The Hall–Kier alpha value is -2.34. The summed E-state index contributed by atoms with van der Waals surface area (Å²) in [6.45, 7) is 2.43. The van der Waals surface area contributed by atoms with Gasteiger partial charge in [-0.3, -0.25) is 0 Å². The summed E-state index contributed by atoms with van der Waals surface area (Å²) in [4.78, 5) is 0. The first-order chi connectivity index (χ1) is 9.15. The summed E-state index contributed by atoms with van der Waals surface area (Å²) >= 11 is 0. The minimum atomic E-state index is -0.680. The van der Waals surface area contributed by atoms with Crippen molar-refractivity contribution in [3.05, 3.63) is 53.6 Å². The van der Waals surface area contributed by atoms with E-state index in [2.05, 4.69) is 5.92 Å². The fraction of sp³-hybridized carbons (Fsp3) is 0.125. The van der Waals surface area contributed by atoms with E-state index in [1.54, 1.807) is 24.3 Å². The highest BCUT2D eigenvalue weighted by atomic mass is 19.1. The van der Waals surface area contributed by atoms with Crippen molar-refractivity contribution in [1.82, 2.24) is 0 Å². The van der Waals surface area contributed by atoms with Crippen LogP contribution in [0.4, 0.5) is 8.78 Å². The van der Waals surface area contributed by atoms with E-state index >= 15 is 0 Å². The molecule has 0 radical (unpaired) electrons. The molecular formula is C16H12F2O. The second-order valence-corrected chi connectivity index (χ2v) is 3.91. The van der Waals surface area contributed by atoms with Crippen LogP contribution in [0.3, 0.4) is 0 Å². The van der Waals surface area contributed by atoms with Gasteiger partial charge in [-0.1, -0.05) is 18.1 Å². The lowest BCUT2D eigenvalue weighted by Gasteiger charge is -2.08. The van der Waals surface area contributed by atoms with Crippen LogP contribution in [0.1, 0.15) is 12.5 Å². The van der Waals surface area contributed by atoms with E-state index in [1.807, 2.05) is 6.92 Å². The second kappa shape index (κ2) is 5.53. The average Bonchev–Trinajstić information content (AvgIpc) is 2.39. The topological polar surface area (TPSA) is 9.23 Å². The Kier molecular flexibility index (Phi) is 3.82. The molecule has 0 aliphatic heterocycles. The summed E-state index contributed by atoms with van der Waals surface area (Å²) in [5.41, 5.74) is 1.02. The molecule has 0 heterocycles. The number of halogens is 2. The molecule has 0 aliphatic carbocycles. The van der Waals surface area contributed by atoms with Gasteiger partial charge in [-0.05, 0) is 30.7 Å². The van der Waals surface area contributed by atoms with Crippen molar-refractivity contribution in [2.45, 2.75) is 6.92 Å². The summed E-state index contributed by atoms with van der Waals surface area (Å²) < 4.78 is 32.3. The molecule has 0 aliphatic rings. The van der Waals surface area contributed by atoms with E-state index in [4.69, 9.17) is 11.2 Å². The predicted molar refractivity (Wildman–Crippen MR) is 70.9 cm³/mol. The Morgan fingerprint density at radius 3 is 2.42 bits per heavy atom. The number of ether oxygens (including phenoxy) is 1. The lowest BCUT2D eigenvalue weighted by atomic mass is 9.99. The number of hydrogen-bond donors (Lipinski definition) is 0. The zero-order chi connectivity index (χ0) is 13.8. The third kappa shape index (κ3) is 2.74. The standard InChI is InChI=1S/C16H12F2O/c1-3-11-9-13(17)10-15(18)16(11)12-5-7-14(8-6-12)19-4-2/h1,5-10H,4H2,2H3.